The molecular formula is C17H26N2O4S. The van der Waals surface area contributed by atoms with Gasteiger partial charge in [0.15, 0.2) is 0 Å². The van der Waals surface area contributed by atoms with Crippen molar-refractivity contribution in [2.24, 2.45) is 5.14 Å². The molecule has 0 aromatic heterocycles. The van der Waals surface area contributed by atoms with E-state index < -0.39 is 10.0 Å². The third-order valence-corrected chi connectivity index (χ3v) is 5.92. The lowest BCUT2D eigenvalue weighted by Crippen LogP contribution is -2.50. The highest BCUT2D eigenvalue weighted by molar-refractivity contribution is 7.89. The molecule has 3 rings (SSSR count). The van der Waals surface area contributed by atoms with Gasteiger partial charge in [0.1, 0.15) is 0 Å². The third-order valence-electron chi connectivity index (χ3n) is 5.00. The fourth-order valence-corrected chi connectivity index (χ4v) is 4.08. The number of sulfonamides is 1. The first-order valence-corrected chi connectivity index (χ1v) is 10.1. The number of hydrogen-bond donors (Lipinski definition) is 2. The predicted octanol–water partition coefficient (Wildman–Crippen LogP) is 1.19. The SMILES string of the molecule is NS(=O)(=O)c1ccc(CCN[C@H]2CCOC3(CCOCC3)C2)cc1. The molecule has 1 spiro atoms. The Hall–Kier alpha value is -0.990. The van der Waals surface area contributed by atoms with Crippen LogP contribution in [0.1, 0.15) is 31.2 Å². The standard InChI is InChI=1S/C17H26N2O4S/c18-24(20,21)16-3-1-14(2-4-16)5-9-19-15-6-10-23-17(13-15)7-11-22-12-8-17/h1-4,15,19H,5-13H2,(H2,18,20,21)/t15-/m0/s1. The Balaban J connectivity index is 1.47. The summed E-state index contributed by atoms with van der Waals surface area (Å²) in [6, 6.07) is 7.25. The van der Waals surface area contributed by atoms with Crippen LogP contribution in [0.3, 0.4) is 0 Å². The largest absolute Gasteiger partial charge is 0.381 e. The molecule has 0 unspecified atom stereocenters. The molecule has 1 aromatic rings. The second-order valence-corrected chi connectivity index (χ2v) is 8.29. The van der Waals surface area contributed by atoms with Gasteiger partial charge < -0.3 is 14.8 Å². The van der Waals surface area contributed by atoms with Crippen molar-refractivity contribution in [1.29, 1.82) is 0 Å². The van der Waals surface area contributed by atoms with E-state index in [-0.39, 0.29) is 10.5 Å². The van der Waals surface area contributed by atoms with Gasteiger partial charge in [-0.15, -0.1) is 0 Å². The highest BCUT2D eigenvalue weighted by Gasteiger charge is 2.38. The van der Waals surface area contributed by atoms with E-state index in [0.29, 0.717) is 6.04 Å². The first-order chi connectivity index (χ1) is 11.5. The number of benzene rings is 1. The van der Waals surface area contributed by atoms with Gasteiger partial charge in [-0.3, -0.25) is 0 Å². The molecule has 2 heterocycles. The van der Waals surface area contributed by atoms with Crippen LogP contribution in [0.25, 0.3) is 0 Å². The van der Waals surface area contributed by atoms with E-state index in [9.17, 15) is 8.42 Å². The Morgan fingerprint density at radius 1 is 1.17 bits per heavy atom. The molecular weight excluding hydrogens is 328 g/mol. The second-order valence-electron chi connectivity index (χ2n) is 6.73. The van der Waals surface area contributed by atoms with Gasteiger partial charge in [0.2, 0.25) is 10.0 Å². The summed E-state index contributed by atoms with van der Waals surface area (Å²) in [7, 11) is -3.61. The minimum absolute atomic E-state index is 0.00526. The fourth-order valence-electron chi connectivity index (χ4n) is 3.56. The van der Waals surface area contributed by atoms with E-state index >= 15 is 0 Å². The van der Waals surface area contributed by atoms with Crippen LogP contribution >= 0.6 is 0 Å². The summed E-state index contributed by atoms with van der Waals surface area (Å²) in [4.78, 5) is 0.157. The summed E-state index contributed by atoms with van der Waals surface area (Å²) >= 11 is 0. The maximum Gasteiger partial charge on any atom is 0.238 e. The van der Waals surface area contributed by atoms with Gasteiger partial charge in [0.05, 0.1) is 10.5 Å². The molecule has 2 aliphatic heterocycles. The van der Waals surface area contributed by atoms with Crippen LogP contribution in [0.5, 0.6) is 0 Å². The highest BCUT2D eigenvalue weighted by atomic mass is 32.2. The Bertz CT molecular complexity index is 634. The molecule has 1 aromatic carbocycles. The first-order valence-electron chi connectivity index (χ1n) is 8.54. The molecule has 7 heteroatoms. The summed E-state index contributed by atoms with van der Waals surface area (Å²) in [6.07, 6.45) is 4.91. The predicted molar refractivity (Wildman–Crippen MR) is 91.3 cm³/mol. The molecule has 1 atom stereocenters. The molecule has 3 N–H and O–H groups in total. The van der Waals surface area contributed by atoms with E-state index in [0.717, 1.165) is 64.0 Å². The Morgan fingerprint density at radius 3 is 2.54 bits per heavy atom. The van der Waals surface area contributed by atoms with Crippen molar-refractivity contribution in [3.8, 4) is 0 Å². The van der Waals surface area contributed by atoms with Crippen molar-refractivity contribution in [2.45, 2.75) is 48.6 Å². The lowest BCUT2D eigenvalue weighted by Gasteiger charge is -2.43. The van der Waals surface area contributed by atoms with E-state index in [1.165, 1.54) is 0 Å². The highest BCUT2D eigenvalue weighted by Crippen LogP contribution is 2.34. The van der Waals surface area contributed by atoms with Crippen LogP contribution in [0.2, 0.25) is 0 Å². The van der Waals surface area contributed by atoms with Crippen LogP contribution in [0.4, 0.5) is 0 Å². The minimum Gasteiger partial charge on any atom is -0.381 e. The number of rotatable bonds is 5. The maximum atomic E-state index is 11.3. The molecule has 0 amide bonds. The topological polar surface area (TPSA) is 90.7 Å². The summed E-state index contributed by atoms with van der Waals surface area (Å²) in [5.41, 5.74) is 1.11. The van der Waals surface area contributed by atoms with E-state index in [1.807, 2.05) is 12.1 Å². The molecule has 24 heavy (non-hydrogen) atoms. The lowest BCUT2D eigenvalue weighted by molar-refractivity contribution is -0.140. The lowest BCUT2D eigenvalue weighted by atomic mass is 9.84. The van der Waals surface area contributed by atoms with Crippen LogP contribution in [0, 0.1) is 0 Å². The van der Waals surface area contributed by atoms with Gasteiger partial charge in [-0.05, 0) is 56.3 Å². The van der Waals surface area contributed by atoms with Gasteiger partial charge in [-0.1, -0.05) is 12.1 Å². The average molecular weight is 354 g/mol. The quantitative estimate of drug-likeness (QED) is 0.829. The van der Waals surface area contributed by atoms with Crippen molar-refractivity contribution < 1.29 is 17.9 Å². The monoisotopic (exact) mass is 354 g/mol. The maximum absolute atomic E-state index is 11.3. The molecule has 2 saturated heterocycles. The molecule has 0 saturated carbocycles. The van der Waals surface area contributed by atoms with Gasteiger partial charge >= 0.3 is 0 Å². The zero-order valence-electron chi connectivity index (χ0n) is 13.9. The van der Waals surface area contributed by atoms with Gasteiger partial charge in [0.25, 0.3) is 0 Å². The van der Waals surface area contributed by atoms with Crippen molar-refractivity contribution in [3.05, 3.63) is 29.8 Å². The second kappa shape index (κ2) is 7.49. The molecule has 6 nitrogen and oxygen atoms in total. The van der Waals surface area contributed by atoms with Crippen molar-refractivity contribution >= 4 is 10.0 Å². The minimum atomic E-state index is -3.61. The first kappa shape index (κ1) is 17.8. The van der Waals surface area contributed by atoms with Crippen LogP contribution in [-0.4, -0.2) is 46.4 Å². The number of nitrogens with one attached hydrogen (secondary N) is 1. The molecule has 2 aliphatic rings. The molecule has 0 radical (unpaired) electrons. The van der Waals surface area contributed by atoms with Crippen LogP contribution in [0.15, 0.2) is 29.2 Å². The third kappa shape index (κ3) is 4.55. The number of nitrogens with two attached hydrogens (primary N) is 1. The molecule has 2 fully saturated rings. The molecule has 0 bridgehead atoms. The smallest absolute Gasteiger partial charge is 0.238 e. The van der Waals surface area contributed by atoms with Crippen molar-refractivity contribution in [2.75, 3.05) is 26.4 Å². The number of hydrogen-bond acceptors (Lipinski definition) is 5. The van der Waals surface area contributed by atoms with E-state index in [2.05, 4.69) is 5.32 Å². The van der Waals surface area contributed by atoms with Gasteiger partial charge in [-0.2, -0.15) is 0 Å². The summed E-state index contributed by atoms with van der Waals surface area (Å²) < 4.78 is 34.0. The summed E-state index contributed by atoms with van der Waals surface area (Å²) in [6.45, 7) is 3.26. The Morgan fingerprint density at radius 2 is 1.88 bits per heavy atom. The summed E-state index contributed by atoms with van der Waals surface area (Å²) in [5.74, 6) is 0. The van der Waals surface area contributed by atoms with Crippen LogP contribution < -0.4 is 10.5 Å². The van der Waals surface area contributed by atoms with E-state index in [1.54, 1.807) is 12.1 Å². The van der Waals surface area contributed by atoms with Crippen molar-refractivity contribution in [1.82, 2.24) is 5.32 Å². The zero-order valence-corrected chi connectivity index (χ0v) is 14.7. The van der Waals surface area contributed by atoms with Crippen molar-refractivity contribution in [3.63, 3.8) is 0 Å². The van der Waals surface area contributed by atoms with Crippen LogP contribution in [-0.2, 0) is 25.9 Å². The Kier molecular flexibility index (Phi) is 5.56. The number of ether oxygens (including phenoxy) is 2. The van der Waals surface area contributed by atoms with Gasteiger partial charge in [-0.25, -0.2) is 13.6 Å². The van der Waals surface area contributed by atoms with Gasteiger partial charge in [0, 0.05) is 25.9 Å². The Labute approximate surface area is 143 Å². The molecule has 134 valence electrons. The normalized spacial score (nSPS) is 24.1. The molecule has 0 aliphatic carbocycles. The summed E-state index contributed by atoms with van der Waals surface area (Å²) in [5, 5.41) is 8.73. The zero-order chi connectivity index (χ0) is 17.0. The number of primary sulfonamides is 1. The van der Waals surface area contributed by atoms with E-state index in [4.69, 9.17) is 14.6 Å². The fraction of sp³-hybridized carbons (Fsp3) is 0.647. The average Bonchev–Trinajstić information content (AvgIpc) is 2.55.